The predicted molar refractivity (Wildman–Crippen MR) is 76.2 cm³/mol. The zero-order valence-corrected chi connectivity index (χ0v) is 11.4. The van der Waals surface area contributed by atoms with Gasteiger partial charge in [0.05, 0.1) is 17.4 Å². The first-order chi connectivity index (χ1) is 8.81. The number of hydrogen-bond donors (Lipinski definition) is 2. The van der Waals surface area contributed by atoms with E-state index in [2.05, 4.69) is 15.6 Å². The molecule has 0 aliphatic carbocycles. The number of nitrogens with one attached hydrogen (secondary N) is 2. The van der Waals surface area contributed by atoms with E-state index in [-0.39, 0.29) is 5.91 Å². The fraction of sp³-hybridized carbons (Fsp3) is 0.538. The average molecular weight is 265 g/mol. The van der Waals surface area contributed by atoms with Crippen molar-refractivity contribution >= 4 is 23.4 Å². The lowest BCUT2D eigenvalue weighted by atomic mass is 10.2. The van der Waals surface area contributed by atoms with Gasteiger partial charge in [0, 0.05) is 24.5 Å². The standard InChI is InChI=1S/C13H19N3OS/c1-2-15-12-9-14-6-5-11(12)13(17)16-8-10-4-3-7-18-10/h5-6,9-10,15H,2-4,7-8H2,1H3,(H,16,17). The van der Waals surface area contributed by atoms with Crippen molar-refractivity contribution in [1.82, 2.24) is 10.3 Å². The molecule has 0 bridgehead atoms. The Morgan fingerprint density at radius 3 is 3.22 bits per heavy atom. The molecular formula is C13H19N3OS. The average Bonchev–Trinajstić information content (AvgIpc) is 2.90. The Balaban J connectivity index is 1.94. The van der Waals surface area contributed by atoms with Gasteiger partial charge < -0.3 is 10.6 Å². The fourth-order valence-electron chi connectivity index (χ4n) is 2.03. The highest BCUT2D eigenvalue weighted by atomic mass is 32.2. The molecule has 1 saturated heterocycles. The van der Waals surface area contributed by atoms with Gasteiger partial charge in [-0.3, -0.25) is 9.78 Å². The van der Waals surface area contributed by atoms with Gasteiger partial charge in [0.25, 0.3) is 5.91 Å². The molecule has 0 aromatic carbocycles. The summed E-state index contributed by atoms with van der Waals surface area (Å²) in [5.74, 6) is 1.21. The summed E-state index contributed by atoms with van der Waals surface area (Å²) in [4.78, 5) is 16.1. The number of pyridine rings is 1. The van der Waals surface area contributed by atoms with Gasteiger partial charge in [0.2, 0.25) is 0 Å². The molecule has 0 saturated carbocycles. The van der Waals surface area contributed by atoms with Gasteiger partial charge in [0.1, 0.15) is 0 Å². The van der Waals surface area contributed by atoms with Crippen LogP contribution in [0, 0.1) is 0 Å². The maximum absolute atomic E-state index is 12.1. The van der Waals surface area contributed by atoms with Crippen LogP contribution < -0.4 is 10.6 Å². The summed E-state index contributed by atoms with van der Waals surface area (Å²) < 4.78 is 0. The summed E-state index contributed by atoms with van der Waals surface area (Å²) in [5.41, 5.74) is 1.48. The first-order valence-corrected chi connectivity index (χ1v) is 7.44. The third kappa shape index (κ3) is 3.38. The molecule has 1 aromatic rings. The molecule has 1 amide bonds. The molecule has 2 rings (SSSR count). The van der Waals surface area contributed by atoms with Crippen LogP contribution in [0.2, 0.25) is 0 Å². The van der Waals surface area contributed by atoms with Crippen molar-refractivity contribution in [2.24, 2.45) is 0 Å². The molecule has 2 N–H and O–H groups in total. The number of anilines is 1. The SMILES string of the molecule is CCNc1cnccc1C(=O)NCC1CCCS1. The van der Waals surface area contributed by atoms with Crippen LogP contribution in [0.5, 0.6) is 0 Å². The Morgan fingerprint density at radius 2 is 2.50 bits per heavy atom. The molecule has 0 spiro atoms. The largest absolute Gasteiger partial charge is 0.383 e. The van der Waals surface area contributed by atoms with Gasteiger partial charge in [-0.25, -0.2) is 0 Å². The molecule has 1 aliphatic rings. The molecule has 4 nitrogen and oxygen atoms in total. The highest BCUT2D eigenvalue weighted by molar-refractivity contribution is 8.00. The van der Waals surface area contributed by atoms with Gasteiger partial charge in [-0.15, -0.1) is 0 Å². The summed E-state index contributed by atoms with van der Waals surface area (Å²) >= 11 is 1.95. The number of rotatable bonds is 5. The number of thioether (sulfide) groups is 1. The molecule has 1 aromatic heterocycles. The second-order valence-corrected chi connectivity index (χ2v) is 5.70. The topological polar surface area (TPSA) is 54.0 Å². The third-order valence-corrected chi connectivity index (χ3v) is 4.35. The van der Waals surface area contributed by atoms with Crippen LogP contribution >= 0.6 is 11.8 Å². The second kappa shape index (κ2) is 6.64. The fourth-order valence-corrected chi connectivity index (χ4v) is 3.23. The first kappa shape index (κ1) is 13.2. The molecule has 1 atom stereocenters. The number of carbonyl (C=O) groups excluding carboxylic acids is 1. The Morgan fingerprint density at radius 1 is 1.61 bits per heavy atom. The van der Waals surface area contributed by atoms with Crippen LogP contribution in [0.4, 0.5) is 5.69 Å². The van der Waals surface area contributed by atoms with Gasteiger partial charge in [0.15, 0.2) is 0 Å². The van der Waals surface area contributed by atoms with Crippen molar-refractivity contribution in [1.29, 1.82) is 0 Å². The highest BCUT2D eigenvalue weighted by Gasteiger charge is 2.17. The van der Waals surface area contributed by atoms with Gasteiger partial charge in [-0.2, -0.15) is 11.8 Å². The van der Waals surface area contributed by atoms with E-state index in [9.17, 15) is 4.79 Å². The van der Waals surface area contributed by atoms with Crippen molar-refractivity contribution < 1.29 is 4.79 Å². The van der Waals surface area contributed by atoms with Gasteiger partial charge >= 0.3 is 0 Å². The van der Waals surface area contributed by atoms with Gasteiger partial charge in [-0.1, -0.05) is 0 Å². The summed E-state index contributed by atoms with van der Waals surface area (Å²) in [6, 6.07) is 1.76. The minimum Gasteiger partial charge on any atom is -0.383 e. The van der Waals surface area contributed by atoms with Crippen LogP contribution in [0.25, 0.3) is 0 Å². The van der Waals surface area contributed by atoms with E-state index >= 15 is 0 Å². The number of carbonyl (C=O) groups is 1. The lowest BCUT2D eigenvalue weighted by Gasteiger charge is -2.12. The van der Waals surface area contributed by atoms with Crippen molar-refractivity contribution in [3.05, 3.63) is 24.0 Å². The van der Waals surface area contributed by atoms with E-state index < -0.39 is 0 Å². The Hall–Kier alpha value is -1.23. The maximum Gasteiger partial charge on any atom is 0.253 e. The van der Waals surface area contributed by atoms with E-state index in [1.54, 1.807) is 18.5 Å². The van der Waals surface area contributed by atoms with E-state index in [4.69, 9.17) is 0 Å². The van der Waals surface area contributed by atoms with E-state index in [0.717, 1.165) is 18.8 Å². The lowest BCUT2D eigenvalue weighted by Crippen LogP contribution is -2.30. The Labute approximate surface area is 112 Å². The van der Waals surface area contributed by atoms with Crippen LogP contribution in [0.3, 0.4) is 0 Å². The molecular weight excluding hydrogens is 246 g/mol. The maximum atomic E-state index is 12.1. The normalized spacial score (nSPS) is 18.6. The lowest BCUT2D eigenvalue weighted by molar-refractivity contribution is 0.0954. The van der Waals surface area contributed by atoms with Crippen molar-refractivity contribution in [3.63, 3.8) is 0 Å². The third-order valence-electron chi connectivity index (χ3n) is 2.95. The van der Waals surface area contributed by atoms with E-state index in [0.29, 0.717) is 10.8 Å². The summed E-state index contributed by atoms with van der Waals surface area (Å²) in [6.45, 7) is 3.55. The monoisotopic (exact) mass is 265 g/mol. The van der Waals surface area contributed by atoms with Crippen molar-refractivity contribution in [2.45, 2.75) is 25.0 Å². The highest BCUT2D eigenvalue weighted by Crippen LogP contribution is 2.25. The molecule has 2 heterocycles. The molecule has 5 heteroatoms. The summed E-state index contributed by atoms with van der Waals surface area (Å²) in [5, 5.41) is 6.75. The Bertz CT molecular complexity index is 405. The molecule has 98 valence electrons. The van der Waals surface area contributed by atoms with Crippen LogP contribution in [-0.4, -0.2) is 35.0 Å². The van der Waals surface area contributed by atoms with E-state index in [1.165, 1.54) is 18.6 Å². The zero-order chi connectivity index (χ0) is 12.8. The quantitative estimate of drug-likeness (QED) is 0.856. The molecule has 1 aliphatic heterocycles. The minimum atomic E-state index is -0.0131. The predicted octanol–water partition coefficient (Wildman–Crippen LogP) is 2.14. The minimum absolute atomic E-state index is 0.0131. The first-order valence-electron chi connectivity index (χ1n) is 6.39. The van der Waals surface area contributed by atoms with Crippen LogP contribution in [-0.2, 0) is 0 Å². The van der Waals surface area contributed by atoms with Crippen LogP contribution in [0.1, 0.15) is 30.1 Å². The number of hydrogen-bond acceptors (Lipinski definition) is 4. The molecule has 18 heavy (non-hydrogen) atoms. The molecule has 1 fully saturated rings. The number of aromatic nitrogens is 1. The smallest absolute Gasteiger partial charge is 0.253 e. The van der Waals surface area contributed by atoms with Gasteiger partial charge in [-0.05, 0) is 31.6 Å². The molecule has 1 unspecified atom stereocenters. The second-order valence-electron chi connectivity index (χ2n) is 4.30. The molecule has 0 radical (unpaired) electrons. The Kier molecular flexibility index (Phi) is 4.87. The number of amides is 1. The van der Waals surface area contributed by atoms with E-state index in [1.807, 2.05) is 18.7 Å². The van der Waals surface area contributed by atoms with Crippen LogP contribution in [0.15, 0.2) is 18.5 Å². The summed E-state index contributed by atoms with van der Waals surface area (Å²) in [7, 11) is 0. The number of nitrogens with zero attached hydrogens (tertiary/aromatic N) is 1. The van der Waals surface area contributed by atoms with Crippen molar-refractivity contribution in [2.75, 3.05) is 24.2 Å². The zero-order valence-electron chi connectivity index (χ0n) is 10.6. The summed E-state index contributed by atoms with van der Waals surface area (Å²) in [6.07, 6.45) is 5.83. The van der Waals surface area contributed by atoms with Crippen molar-refractivity contribution in [3.8, 4) is 0 Å².